The van der Waals surface area contributed by atoms with Gasteiger partial charge in [0.05, 0.1) is 6.10 Å². The number of aliphatic hydroxyl groups excluding tert-OH is 1. The molecule has 0 aromatic heterocycles. The molecule has 0 saturated heterocycles. The Hall–Kier alpha value is -0.860. The lowest BCUT2D eigenvalue weighted by Crippen LogP contribution is -2.26. The molecule has 1 fully saturated rings. The smallest absolute Gasteiger partial charge is 0.0621 e. The average Bonchev–Trinajstić information content (AvgIpc) is 2.49. The molecule has 2 heteroatoms. The molecule has 0 spiro atoms. The molecule has 2 nitrogen and oxygen atoms in total. The van der Waals surface area contributed by atoms with E-state index in [1.165, 1.54) is 43.2 Å². The minimum Gasteiger partial charge on any atom is -0.392 e. The molecule has 1 aliphatic carbocycles. The summed E-state index contributed by atoms with van der Waals surface area (Å²) in [7, 11) is 0. The maximum absolute atomic E-state index is 10.5. The Balaban J connectivity index is 1.87. The van der Waals surface area contributed by atoms with Gasteiger partial charge in [-0.25, -0.2) is 0 Å². The van der Waals surface area contributed by atoms with Crippen LogP contribution in [0.2, 0.25) is 0 Å². The molecule has 0 heterocycles. The van der Waals surface area contributed by atoms with E-state index in [0.717, 1.165) is 18.8 Å². The Kier molecular flexibility index (Phi) is 6.06. The lowest BCUT2D eigenvalue weighted by Gasteiger charge is -2.26. The molecule has 3 N–H and O–H groups in total. The highest BCUT2D eigenvalue weighted by Gasteiger charge is 2.22. The highest BCUT2D eigenvalue weighted by Crippen LogP contribution is 2.30. The summed E-state index contributed by atoms with van der Waals surface area (Å²) in [6.07, 6.45) is 8.59. The molecule has 2 unspecified atom stereocenters. The summed E-state index contributed by atoms with van der Waals surface area (Å²) in [6.45, 7) is 2.61. The van der Waals surface area contributed by atoms with Crippen LogP contribution in [0.3, 0.4) is 0 Å². The molecule has 2 atom stereocenters. The van der Waals surface area contributed by atoms with Crippen molar-refractivity contribution in [2.24, 2.45) is 11.7 Å². The van der Waals surface area contributed by atoms with Crippen LogP contribution in [0.1, 0.15) is 62.0 Å². The third-order valence-electron chi connectivity index (χ3n) is 4.82. The number of aliphatic hydroxyl groups is 1. The summed E-state index contributed by atoms with van der Waals surface area (Å²) >= 11 is 0. The zero-order chi connectivity index (χ0) is 14.4. The highest BCUT2D eigenvalue weighted by atomic mass is 16.3. The fourth-order valence-corrected chi connectivity index (χ4v) is 3.41. The van der Waals surface area contributed by atoms with Crippen molar-refractivity contribution in [1.29, 1.82) is 0 Å². The number of rotatable bonds is 6. The second-order valence-corrected chi connectivity index (χ2v) is 6.40. The van der Waals surface area contributed by atoms with Crippen molar-refractivity contribution >= 4 is 0 Å². The van der Waals surface area contributed by atoms with Crippen LogP contribution in [0.15, 0.2) is 24.3 Å². The molecule has 2 rings (SSSR count). The van der Waals surface area contributed by atoms with E-state index in [2.05, 4.69) is 31.2 Å². The van der Waals surface area contributed by atoms with Gasteiger partial charge in [-0.3, -0.25) is 0 Å². The van der Waals surface area contributed by atoms with Crippen molar-refractivity contribution in [2.45, 2.75) is 63.9 Å². The molecular formula is C18H29NO. The summed E-state index contributed by atoms with van der Waals surface area (Å²) in [5.74, 6) is 0.911. The van der Waals surface area contributed by atoms with Gasteiger partial charge in [-0.05, 0) is 31.2 Å². The molecule has 0 aliphatic heterocycles. The van der Waals surface area contributed by atoms with Crippen molar-refractivity contribution in [1.82, 2.24) is 0 Å². The van der Waals surface area contributed by atoms with E-state index in [4.69, 9.17) is 5.73 Å². The molecule has 0 amide bonds. The first-order valence-corrected chi connectivity index (χ1v) is 8.15. The summed E-state index contributed by atoms with van der Waals surface area (Å²) < 4.78 is 0. The predicted molar refractivity (Wildman–Crippen MR) is 84.8 cm³/mol. The van der Waals surface area contributed by atoms with Gasteiger partial charge < -0.3 is 10.8 Å². The summed E-state index contributed by atoms with van der Waals surface area (Å²) in [4.78, 5) is 0. The van der Waals surface area contributed by atoms with Gasteiger partial charge in [0.1, 0.15) is 0 Å². The molecule has 112 valence electrons. The van der Waals surface area contributed by atoms with E-state index >= 15 is 0 Å². The Morgan fingerprint density at radius 3 is 2.40 bits per heavy atom. The highest BCUT2D eigenvalue weighted by molar-refractivity contribution is 5.25. The van der Waals surface area contributed by atoms with E-state index in [1.807, 2.05) is 0 Å². The van der Waals surface area contributed by atoms with Crippen molar-refractivity contribution < 1.29 is 5.11 Å². The maximum atomic E-state index is 10.5. The summed E-state index contributed by atoms with van der Waals surface area (Å²) in [5.41, 5.74) is 8.32. The van der Waals surface area contributed by atoms with Crippen molar-refractivity contribution in [2.75, 3.05) is 6.54 Å². The van der Waals surface area contributed by atoms with Crippen LogP contribution in [0, 0.1) is 12.8 Å². The first kappa shape index (κ1) is 15.5. The number of hydrogen-bond acceptors (Lipinski definition) is 2. The van der Waals surface area contributed by atoms with Gasteiger partial charge in [-0.2, -0.15) is 0 Å². The van der Waals surface area contributed by atoms with E-state index < -0.39 is 0 Å². The fraction of sp³-hybridized carbons (Fsp3) is 0.667. The van der Waals surface area contributed by atoms with E-state index in [0.29, 0.717) is 6.54 Å². The lowest BCUT2D eigenvalue weighted by atomic mass is 9.83. The lowest BCUT2D eigenvalue weighted by molar-refractivity contribution is 0.123. The first-order valence-electron chi connectivity index (χ1n) is 8.15. The van der Waals surface area contributed by atoms with Crippen LogP contribution in [0.25, 0.3) is 0 Å². The summed E-state index contributed by atoms with van der Waals surface area (Å²) in [5, 5.41) is 10.5. The largest absolute Gasteiger partial charge is 0.392 e. The monoisotopic (exact) mass is 275 g/mol. The third kappa shape index (κ3) is 4.32. The quantitative estimate of drug-likeness (QED) is 0.830. The van der Waals surface area contributed by atoms with Crippen molar-refractivity contribution in [3.05, 3.63) is 35.4 Å². The fourth-order valence-electron chi connectivity index (χ4n) is 3.41. The molecule has 0 bridgehead atoms. The minimum atomic E-state index is -0.301. The van der Waals surface area contributed by atoms with E-state index in [-0.39, 0.29) is 12.0 Å². The Morgan fingerprint density at radius 2 is 1.80 bits per heavy atom. The number of nitrogens with two attached hydrogens (primary N) is 1. The number of benzene rings is 1. The normalized spacial score (nSPS) is 19.8. The van der Waals surface area contributed by atoms with Gasteiger partial charge in [0, 0.05) is 12.5 Å². The molecular weight excluding hydrogens is 246 g/mol. The molecule has 20 heavy (non-hydrogen) atoms. The minimum absolute atomic E-state index is 0.0826. The van der Waals surface area contributed by atoms with Gasteiger partial charge >= 0.3 is 0 Å². The summed E-state index contributed by atoms with van der Waals surface area (Å²) in [6, 6.07) is 8.42. The van der Waals surface area contributed by atoms with Gasteiger partial charge in [0.2, 0.25) is 0 Å². The number of hydrogen-bond donors (Lipinski definition) is 2. The zero-order valence-corrected chi connectivity index (χ0v) is 12.7. The number of aryl methyl sites for hydroxylation is 1. The van der Waals surface area contributed by atoms with Crippen LogP contribution < -0.4 is 5.73 Å². The topological polar surface area (TPSA) is 46.2 Å². The van der Waals surface area contributed by atoms with Crippen LogP contribution in [-0.4, -0.2) is 17.8 Å². The van der Waals surface area contributed by atoms with Gasteiger partial charge in [-0.15, -0.1) is 0 Å². The van der Waals surface area contributed by atoms with Gasteiger partial charge in [0.25, 0.3) is 0 Å². The SMILES string of the molecule is Cc1ccc(C(CN)C(O)CCC2CCCCC2)cc1. The average molecular weight is 275 g/mol. The van der Waals surface area contributed by atoms with Crippen LogP contribution in [0.4, 0.5) is 0 Å². The van der Waals surface area contributed by atoms with Crippen molar-refractivity contribution in [3.8, 4) is 0 Å². The van der Waals surface area contributed by atoms with E-state index in [9.17, 15) is 5.11 Å². The molecule has 1 aromatic rings. The third-order valence-corrected chi connectivity index (χ3v) is 4.82. The zero-order valence-electron chi connectivity index (χ0n) is 12.7. The predicted octanol–water partition coefficient (Wildman–Crippen LogP) is 3.76. The Labute approximate surface area is 123 Å². The Bertz CT molecular complexity index is 381. The van der Waals surface area contributed by atoms with Crippen LogP contribution in [0.5, 0.6) is 0 Å². The molecule has 1 saturated carbocycles. The Morgan fingerprint density at radius 1 is 1.15 bits per heavy atom. The second-order valence-electron chi connectivity index (χ2n) is 6.40. The molecule has 0 radical (unpaired) electrons. The molecule has 1 aromatic carbocycles. The standard InChI is InChI=1S/C18H29NO/c1-14-7-10-16(11-8-14)17(13-19)18(20)12-9-15-5-3-2-4-6-15/h7-8,10-11,15,17-18,20H,2-6,9,12-13,19H2,1H3. The van der Waals surface area contributed by atoms with Crippen molar-refractivity contribution in [3.63, 3.8) is 0 Å². The van der Waals surface area contributed by atoms with Gasteiger partial charge in [-0.1, -0.05) is 61.9 Å². The molecule has 1 aliphatic rings. The van der Waals surface area contributed by atoms with E-state index in [1.54, 1.807) is 0 Å². The van der Waals surface area contributed by atoms with Gasteiger partial charge in [0.15, 0.2) is 0 Å². The first-order chi connectivity index (χ1) is 9.70. The van der Waals surface area contributed by atoms with Crippen LogP contribution >= 0.6 is 0 Å². The van der Waals surface area contributed by atoms with Crippen LogP contribution in [-0.2, 0) is 0 Å². The second kappa shape index (κ2) is 7.80. The maximum Gasteiger partial charge on any atom is 0.0621 e.